The van der Waals surface area contributed by atoms with Crippen LogP contribution in [0, 0.1) is 5.82 Å². The Bertz CT molecular complexity index is 1320. The van der Waals surface area contributed by atoms with Crippen molar-refractivity contribution >= 4 is 21.4 Å². The minimum absolute atomic E-state index is 0.0476. The van der Waals surface area contributed by atoms with E-state index in [4.69, 9.17) is 4.74 Å². The number of aryl methyl sites for hydroxylation is 1. The zero-order chi connectivity index (χ0) is 22.0. The van der Waals surface area contributed by atoms with E-state index in [2.05, 4.69) is 10.2 Å². The van der Waals surface area contributed by atoms with Gasteiger partial charge in [0.2, 0.25) is 0 Å². The van der Waals surface area contributed by atoms with Gasteiger partial charge >= 0.3 is 0 Å². The second-order valence-corrected chi connectivity index (χ2v) is 8.76. The third kappa shape index (κ3) is 4.09. The molecule has 0 amide bonds. The van der Waals surface area contributed by atoms with Crippen LogP contribution in [-0.2, 0) is 23.0 Å². The van der Waals surface area contributed by atoms with E-state index in [0.717, 1.165) is 5.56 Å². The predicted octanol–water partition coefficient (Wildman–Crippen LogP) is 3.83. The third-order valence-electron chi connectivity index (χ3n) is 4.92. The highest BCUT2D eigenvalue weighted by molar-refractivity contribution is 7.92. The number of methoxy groups -OCH3 is 1. The van der Waals surface area contributed by atoms with Gasteiger partial charge in [0.1, 0.15) is 22.3 Å². The van der Waals surface area contributed by atoms with Gasteiger partial charge in [-0.1, -0.05) is 19.1 Å². The molecule has 0 atom stereocenters. The largest absolute Gasteiger partial charge is 0.497 e. The quantitative estimate of drug-likeness (QED) is 0.437. The first kappa shape index (κ1) is 20.8. The molecule has 0 bridgehead atoms. The van der Waals surface area contributed by atoms with Gasteiger partial charge in [-0.2, -0.15) is 0 Å². The van der Waals surface area contributed by atoms with Gasteiger partial charge in [-0.15, -0.1) is 10.2 Å². The number of rotatable bonds is 7. The highest BCUT2D eigenvalue weighted by Gasteiger charge is 2.26. The van der Waals surface area contributed by atoms with Gasteiger partial charge in [0.25, 0.3) is 10.0 Å². The average molecular weight is 441 g/mol. The van der Waals surface area contributed by atoms with Crippen LogP contribution in [-0.4, -0.2) is 30.1 Å². The molecule has 0 aliphatic carbocycles. The highest BCUT2D eigenvalue weighted by atomic mass is 32.2. The number of ether oxygens (including phenoxy) is 1. The summed E-state index contributed by atoms with van der Waals surface area (Å²) in [5.41, 5.74) is 1.65. The zero-order valence-corrected chi connectivity index (χ0v) is 17.9. The summed E-state index contributed by atoms with van der Waals surface area (Å²) in [5.74, 6) is 0.835. The van der Waals surface area contributed by atoms with Crippen molar-refractivity contribution in [1.82, 2.24) is 14.6 Å². The van der Waals surface area contributed by atoms with Crippen molar-refractivity contribution in [3.05, 3.63) is 84.1 Å². The topological polar surface area (TPSA) is 76.8 Å². The number of benzene rings is 2. The molecule has 0 unspecified atom stereocenters. The van der Waals surface area contributed by atoms with Crippen LogP contribution >= 0.6 is 0 Å². The minimum atomic E-state index is -3.99. The first-order chi connectivity index (χ1) is 14.9. The van der Waals surface area contributed by atoms with E-state index < -0.39 is 15.8 Å². The van der Waals surface area contributed by atoms with Crippen LogP contribution in [0.25, 0.3) is 5.65 Å². The second-order valence-electron chi connectivity index (χ2n) is 6.90. The Morgan fingerprint density at radius 1 is 1.06 bits per heavy atom. The van der Waals surface area contributed by atoms with Crippen molar-refractivity contribution in [3.63, 3.8) is 0 Å². The van der Waals surface area contributed by atoms with Crippen molar-refractivity contribution in [3.8, 4) is 5.75 Å². The molecular weight excluding hydrogens is 419 g/mol. The minimum Gasteiger partial charge on any atom is -0.497 e. The Kier molecular flexibility index (Phi) is 5.60. The summed E-state index contributed by atoms with van der Waals surface area (Å²) in [4.78, 5) is 0.0849. The van der Waals surface area contributed by atoms with Crippen LogP contribution < -0.4 is 9.04 Å². The summed E-state index contributed by atoms with van der Waals surface area (Å²) >= 11 is 0. The van der Waals surface area contributed by atoms with E-state index in [1.165, 1.54) is 40.8 Å². The Labute approximate surface area is 179 Å². The summed E-state index contributed by atoms with van der Waals surface area (Å²) in [6, 6.07) is 15.6. The Morgan fingerprint density at radius 2 is 1.84 bits per heavy atom. The molecule has 0 radical (unpaired) electrons. The summed E-state index contributed by atoms with van der Waals surface area (Å²) in [6.45, 7) is 1.97. The number of anilines is 1. The number of pyridine rings is 1. The number of nitrogens with zero attached hydrogens (tertiary/aromatic N) is 4. The number of aromatic nitrogens is 3. The summed E-state index contributed by atoms with van der Waals surface area (Å²) in [6.07, 6.45) is 2.13. The van der Waals surface area contributed by atoms with Crippen molar-refractivity contribution in [2.45, 2.75) is 24.8 Å². The SMILES string of the molecule is CCc1nnc2ccc(S(=O)(=O)N(Cc3cccc(OC)c3)c3ccc(F)cc3)cn12. The summed E-state index contributed by atoms with van der Waals surface area (Å²) in [7, 11) is -2.44. The molecule has 31 heavy (non-hydrogen) atoms. The third-order valence-corrected chi connectivity index (χ3v) is 6.68. The van der Waals surface area contributed by atoms with Crippen LogP contribution in [0.1, 0.15) is 18.3 Å². The molecule has 9 heteroatoms. The molecule has 2 aromatic carbocycles. The highest BCUT2D eigenvalue weighted by Crippen LogP contribution is 2.27. The standard InChI is InChI=1S/C22H21FN4O3S/c1-3-21-24-25-22-12-11-20(15-26(21)22)31(28,29)27(18-9-7-17(23)8-10-18)14-16-5-4-6-19(13-16)30-2/h4-13,15H,3,14H2,1-2H3. The van der Waals surface area contributed by atoms with Crippen molar-refractivity contribution < 1.29 is 17.5 Å². The average Bonchev–Trinajstić information content (AvgIpc) is 3.20. The van der Waals surface area contributed by atoms with E-state index in [1.54, 1.807) is 35.8 Å². The molecule has 0 saturated carbocycles. The van der Waals surface area contributed by atoms with Gasteiger partial charge in [0.05, 0.1) is 19.3 Å². The van der Waals surface area contributed by atoms with Crippen LogP contribution in [0.3, 0.4) is 0 Å². The van der Waals surface area contributed by atoms with E-state index in [1.807, 2.05) is 13.0 Å². The van der Waals surface area contributed by atoms with E-state index in [9.17, 15) is 12.8 Å². The fourth-order valence-corrected chi connectivity index (χ4v) is 4.75. The molecule has 2 heterocycles. The van der Waals surface area contributed by atoms with Crippen LogP contribution in [0.2, 0.25) is 0 Å². The second kappa shape index (κ2) is 8.35. The maximum atomic E-state index is 13.7. The van der Waals surface area contributed by atoms with Gasteiger partial charge < -0.3 is 4.74 Å². The molecule has 0 N–H and O–H groups in total. The number of hydrogen-bond acceptors (Lipinski definition) is 5. The number of hydrogen-bond donors (Lipinski definition) is 0. The molecule has 4 rings (SSSR count). The zero-order valence-electron chi connectivity index (χ0n) is 17.1. The summed E-state index contributed by atoms with van der Waals surface area (Å²) in [5, 5.41) is 8.15. The Hall–Kier alpha value is -3.46. The lowest BCUT2D eigenvalue weighted by molar-refractivity contribution is 0.414. The molecule has 0 saturated heterocycles. The Morgan fingerprint density at radius 3 is 2.55 bits per heavy atom. The molecule has 4 aromatic rings. The number of fused-ring (bicyclic) bond motifs is 1. The van der Waals surface area contributed by atoms with Crippen molar-refractivity contribution in [2.24, 2.45) is 0 Å². The normalized spacial score (nSPS) is 11.6. The lowest BCUT2D eigenvalue weighted by atomic mass is 10.2. The summed E-state index contributed by atoms with van der Waals surface area (Å²) < 4.78 is 49.1. The molecule has 160 valence electrons. The maximum Gasteiger partial charge on any atom is 0.266 e. The lowest BCUT2D eigenvalue weighted by Gasteiger charge is -2.25. The molecule has 2 aromatic heterocycles. The van der Waals surface area contributed by atoms with Crippen molar-refractivity contribution in [1.29, 1.82) is 0 Å². The van der Waals surface area contributed by atoms with E-state index >= 15 is 0 Å². The first-order valence-electron chi connectivity index (χ1n) is 9.67. The van der Waals surface area contributed by atoms with Crippen LogP contribution in [0.5, 0.6) is 5.75 Å². The van der Waals surface area contributed by atoms with E-state index in [-0.39, 0.29) is 11.4 Å². The number of sulfonamides is 1. The van der Waals surface area contributed by atoms with E-state index in [0.29, 0.717) is 29.3 Å². The van der Waals surface area contributed by atoms with Crippen LogP contribution in [0.15, 0.2) is 71.8 Å². The fraction of sp³-hybridized carbons (Fsp3) is 0.182. The number of halogens is 1. The molecule has 0 aliphatic rings. The van der Waals surface area contributed by atoms with Gasteiger partial charge in [-0.3, -0.25) is 8.71 Å². The van der Waals surface area contributed by atoms with Gasteiger partial charge in [-0.05, 0) is 54.1 Å². The van der Waals surface area contributed by atoms with Crippen molar-refractivity contribution in [2.75, 3.05) is 11.4 Å². The van der Waals surface area contributed by atoms with Gasteiger partial charge in [-0.25, -0.2) is 12.8 Å². The van der Waals surface area contributed by atoms with Gasteiger partial charge in [0, 0.05) is 12.6 Å². The maximum absolute atomic E-state index is 13.7. The Balaban J connectivity index is 1.82. The lowest BCUT2D eigenvalue weighted by Crippen LogP contribution is -2.30. The molecule has 0 aliphatic heterocycles. The molecular formula is C22H21FN4O3S. The smallest absolute Gasteiger partial charge is 0.266 e. The monoisotopic (exact) mass is 440 g/mol. The molecule has 0 spiro atoms. The molecule has 7 nitrogen and oxygen atoms in total. The van der Waals surface area contributed by atoms with Crippen LogP contribution in [0.4, 0.5) is 10.1 Å². The first-order valence-corrected chi connectivity index (χ1v) is 11.1. The van der Waals surface area contributed by atoms with Gasteiger partial charge in [0.15, 0.2) is 5.65 Å². The molecule has 0 fully saturated rings. The predicted molar refractivity (Wildman–Crippen MR) is 115 cm³/mol. The fourth-order valence-electron chi connectivity index (χ4n) is 3.30.